The number of nitrogens with one attached hydrogen (secondary N) is 1. The summed E-state index contributed by atoms with van der Waals surface area (Å²) in [7, 11) is -2.48. The molecule has 6 heteroatoms. The van der Waals surface area contributed by atoms with Crippen molar-refractivity contribution in [1.82, 2.24) is 4.72 Å². The molecule has 2 aromatic rings. The molecule has 0 unspecified atom stereocenters. The van der Waals surface area contributed by atoms with Gasteiger partial charge in [-0.05, 0) is 61.1 Å². The topological polar surface area (TPSA) is 72.5 Å². The van der Waals surface area contributed by atoms with Gasteiger partial charge in [-0.3, -0.25) is 0 Å². The Morgan fingerprint density at radius 3 is 2.64 bits per heavy atom. The number of carbonyl (C=O) groups excluding carboxylic acids is 1. The fourth-order valence-corrected chi connectivity index (χ4v) is 4.42. The Bertz CT molecular complexity index is 905. The van der Waals surface area contributed by atoms with E-state index in [1.165, 1.54) is 42.5 Å². The highest BCUT2D eigenvalue weighted by atomic mass is 32.2. The zero-order valence-electron chi connectivity index (χ0n) is 14.3. The maximum atomic E-state index is 12.6. The Labute approximate surface area is 148 Å². The number of hydrogen-bond acceptors (Lipinski definition) is 4. The second-order valence-corrected chi connectivity index (χ2v) is 7.96. The number of aryl methyl sites for hydroxylation is 2. The van der Waals surface area contributed by atoms with E-state index in [0.29, 0.717) is 0 Å². The Morgan fingerprint density at radius 2 is 1.88 bits per heavy atom. The molecule has 0 radical (unpaired) electrons. The third-order valence-electron chi connectivity index (χ3n) is 4.52. The maximum Gasteiger partial charge on any atom is 0.337 e. The summed E-state index contributed by atoms with van der Waals surface area (Å²) in [6.07, 6.45) is 3.29. The van der Waals surface area contributed by atoms with E-state index >= 15 is 0 Å². The molecule has 25 heavy (non-hydrogen) atoms. The molecule has 0 aromatic heterocycles. The first-order chi connectivity index (χ1) is 11.9. The molecule has 5 nitrogen and oxygen atoms in total. The van der Waals surface area contributed by atoms with Crippen LogP contribution in [0.5, 0.6) is 0 Å². The first-order valence-electron chi connectivity index (χ1n) is 8.23. The van der Waals surface area contributed by atoms with Crippen molar-refractivity contribution in [2.75, 3.05) is 7.11 Å². The molecule has 132 valence electrons. The van der Waals surface area contributed by atoms with Gasteiger partial charge in [0.05, 0.1) is 17.6 Å². The third kappa shape index (κ3) is 3.75. The van der Waals surface area contributed by atoms with Crippen LogP contribution in [-0.4, -0.2) is 21.5 Å². The van der Waals surface area contributed by atoms with Crippen LogP contribution in [0, 0.1) is 0 Å². The van der Waals surface area contributed by atoms with E-state index < -0.39 is 16.0 Å². The average Bonchev–Trinajstić information content (AvgIpc) is 3.08. The number of fused-ring (bicyclic) bond motifs is 1. The van der Waals surface area contributed by atoms with Crippen LogP contribution >= 0.6 is 0 Å². The molecule has 0 amide bonds. The van der Waals surface area contributed by atoms with E-state index in [9.17, 15) is 13.2 Å². The number of rotatable bonds is 5. The number of methoxy groups -OCH3 is 1. The van der Waals surface area contributed by atoms with Gasteiger partial charge in [-0.2, -0.15) is 0 Å². The van der Waals surface area contributed by atoms with Crippen LogP contribution in [0.25, 0.3) is 0 Å². The van der Waals surface area contributed by atoms with Crippen molar-refractivity contribution in [3.05, 3.63) is 64.7 Å². The molecule has 0 saturated heterocycles. The van der Waals surface area contributed by atoms with Crippen molar-refractivity contribution in [2.24, 2.45) is 0 Å². The number of esters is 1. The van der Waals surface area contributed by atoms with E-state index in [1.807, 2.05) is 13.0 Å². The Hall–Kier alpha value is -2.18. The SMILES string of the molecule is COC(=O)c1cccc(S(=O)(=O)N[C@@H](C)c2ccc3c(c2)CCC3)c1. The molecule has 0 fully saturated rings. The molecule has 0 bridgehead atoms. The first-order valence-corrected chi connectivity index (χ1v) is 9.71. The Kier molecular flexibility index (Phi) is 4.92. The summed E-state index contributed by atoms with van der Waals surface area (Å²) in [6, 6.07) is 11.6. The molecule has 0 spiro atoms. The Balaban J connectivity index is 1.82. The van der Waals surface area contributed by atoms with Crippen LogP contribution in [0.4, 0.5) is 0 Å². The monoisotopic (exact) mass is 359 g/mol. The van der Waals surface area contributed by atoms with Gasteiger partial charge in [-0.15, -0.1) is 0 Å². The lowest BCUT2D eigenvalue weighted by molar-refractivity contribution is 0.0600. The molecule has 0 saturated carbocycles. The largest absolute Gasteiger partial charge is 0.465 e. The van der Waals surface area contributed by atoms with Crippen molar-refractivity contribution < 1.29 is 17.9 Å². The zero-order valence-corrected chi connectivity index (χ0v) is 15.1. The molecule has 2 aromatic carbocycles. The highest BCUT2D eigenvalue weighted by Gasteiger charge is 2.21. The van der Waals surface area contributed by atoms with Crippen LogP contribution in [0.1, 0.15) is 46.4 Å². The predicted molar refractivity (Wildman–Crippen MR) is 95.0 cm³/mol. The van der Waals surface area contributed by atoms with E-state index in [0.717, 1.165) is 24.8 Å². The van der Waals surface area contributed by atoms with Crippen molar-refractivity contribution in [3.8, 4) is 0 Å². The number of hydrogen-bond donors (Lipinski definition) is 1. The molecular weight excluding hydrogens is 338 g/mol. The highest BCUT2D eigenvalue weighted by molar-refractivity contribution is 7.89. The standard InChI is InChI=1S/C19H21NO4S/c1-13(15-10-9-14-5-3-6-16(14)11-15)20-25(22,23)18-8-4-7-17(12-18)19(21)24-2/h4,7-13,20H,3,5-6H2,1-2H3/t13-/m0/s1. The van der Waals surface area contributed by atoms with Crippen LogP contribution in [0.15, 0.2) is 47.4 Å². The molecule has 1 atom stereocenters. The molecular formula is C19H21NO4S. The van der Waals surface area contributed by atoms with E-state index in [1.54, 1.807) is 0 Å². The fourth-order valence-electron chi connectivity index (χ4n) is 3.14. The second kappa shape index (κ2) is 6.98. The van der Waals surface area contributed by atoms with Crippen molar-refractivity contribution in [2.45, 2.75) is 37.1 Å². The van der Waals surface area contributed by atoms with Crippen molar-refractivity contribution in [3.63, 3.8) is 0 Å². The predicted octanol–water partition coefficient (Wildman–Crippen LogP) is 3.00. The third-order valence-corrected chi connectivity index (χ3v) is 6.06. The van der Waals surface area contributed by atoms with Gasteiger partial charge in [0.15, 0.2) is 0 Å². The first kappa shape index (κ1) is 17.6. The fraction of sp³-hybridized carbons (Fsp3) is 0.316. The number of benzene rings is 2. The van der Waals surface area contributed by atoms with E-state index in [-0.39, 0.29) is 16.5 Å². The van der Waals surface area contributed by atoms with E-state index in [2.05, 4.69) is 21.6 Å². The molecule has 1 aliphatic carbocycles. The van der Waals surface area contributed by atoms with Crippen LogP contribution in [0.2, 0.25) is 0 Å². The zero-order chi connectivity index (χ0) is 18.0. The van der Waals surface area contributed by atoms with Crippen LogP contribution in [0.3, 0.4) is 0 Å². The number of ether oxygens (including phenoxy) is 1. The second-order valence-electron chi connectivity index (χ2n) is 6.24. The van der Waals surface area contributed by atoms with Gasteiger partial charge in [0.1, 0.15) is 0 Å². The minimum atomic E-state index is -3.74. The summed E-state index contributed by atoms with van der Waals surface area (Å²) >= 11 is 0. The molecule has 3 rings (SSSR count). The van der Waals surface area contributed by atoms with Gasteiger partial charge >= 0.3 is 5.97 Å². The number of carbonyl (C=O) groups is 1. The highest BCUT2D eigenvalue weighted by Crippen LogP contribution is 2.26. The normalized spacial score (nSPS) is 14.8. The van der Waals surface area contributed by atoms with Crippen LogP contribution < -0.4 is 4.72 Å². The molecule has 1 aliphatic rings. The summed E-state index contributed by atoms with van der Waals surface area (Å²) in [6.45, 7) is 1.82. The van der Waals surface area contributed by atoms with Crippen molar-refractivity contribution in [1.29, 1.82) is 0 Å². The van der Waals surface area contributed by atoms with E-state index in [4.69, 9.17) is 0 Å². The smallest absolute Gasteiger partial charge is 0.337 e. The molecule has 0 aliphatic heterocycles. The van der Waals surface area contributed by atoms with Gasteiger partial charge < -0.3 is 4.74 Å². The average molecular weight is 359 g/mol. The quantitative estimate of drug-likeness (QED) is 0.833. The maximum absolute atomic E-state index is 12.6. The summed E-state index contributed by atoms with van der Waals surface area (Å²) in [5.74, 6) is -0.566. The van der Waals surface area contributed by atoms with Crippen LogP contribution in [-0.2, 0) is 27.6 Å². The lowest BCUT2D eigenvalue weighted by Gasteiger charge is -2.16. The molecule has 0 heterocycles. The lowest BCUT2D eigenvalue weighted by atomic mass is 10.0. The van der Waals surface area contributed by atoms with Gasteiger partial charge in [0, 0.05) is 6.04 Å². The minimum Gasteiger partial charge on any atom is -0.465 e. The summed E-state index contributed by atoms with van der Waals surface area (Å²) in [5, 5.41) is 0. The van der Waals surface area contributed by atoms with Gasteiger partial charge in [0.2, 0.25) is 10.0 Å². The van der Waals surface area contributed by atoms with Crippen molar-refractivity contribution >= 4 is 16.0 Å². The lowest BCUT2D eigenvalue weighted by Crippen LogP contribution is -2.27. The number of sulfonamides is 1. The van der Waals surface area contributed by atoms with Gasteiger partial charge in [0.25, 0.3) is 0 Å². The molecule has 1 N–H and O–H groups in total. The summed E-state index contributed by atoms with van der Waals surface area (Å²) in [5.41, 5.74) is 3.80. The summed E-state index contributed by atoms with van der Waals surface area (Å²) < 4.78 is 32.6. The Morgan fingerprint density at radius 1 is 1.12 bits per heavy atom. The summed E-state index contributed by atoms with van der Waals surface area (Å²) in [4.78, 5) is 11.7. The van der Waals surface area contributed by atoms with Gasteiger partial charge in [-0.1, -0.05) is 24.3 Å². The minimum absolute atomic E-state index is 0.0448. The van der Waals surface area contributed by atoms with Gasteiger partial charge in [-0.25, -0.2) is 17.9 Å².